The first kappa shape index (κ1) is 18.2. The van der Waals surface area contributed by atoms with Crippen molar-refractivity contribution in [3.05, 3.63) is 41.6 Å². The van der Waals surface area contributed by atoms with Crippen LogP contribution in [0.3, 0.4) is 0 Å². The van der Waals surface area contributed by atoms with Gasteiger partial charge < -0.3 is 30.1 Å². The van der Waals surface area contributed by atoms with Crippen molar-refractivity contribution in [1.82, 2.24) is 10.4 Å². The van der Waals surface area contributed by atoms with E-state index in [1.54, 1.807) is 37.6 Å². The van der Waals surface area contributed by atoms with E-state index in [1.165, 1.54) is 21.3 Å². The Morgan fingerprint density at radius 3 is 1.96 bits per heavy atom. The lowest BCUT2D eigenvalue weighted by molar-refractivity contribution is 0.324. The smallest absolute Gasteiger partial charge is 0.212 e. The van der Waals surface area contributed by atoms with Gasteiger partial charge in [0, 0.05) is 23.4 Å². The van der Waals surface area contributed by atoms with Gasteiger partial charge in [0.15, 0.2) is 11.5 Å². The molecule has 0 amide bonds. The van der Waals surface area contributed by atoms with Gasteiger partial charge in [0.05, 0.1) is 39.8 Å². The molecule has 0 fully saturated rings. The zero-order valence-electron chi connectivity index (χ0n) is 14.6. The summed E-state index contributed by atoms with van der Waals surface area (Å²) in [6.45, 7) is 0. The van der Waals surface area contributed by atoms with Crippen LogP contribution in [0.4, 0.5) is 0 Å². The van der Waals surface area contributed by atoms with Crippen LogP contribution in [0.25, 0.3) is 11.4 Å². The highest BCUT2D eigenvalue weighted by Gasteiger charge is 2.16. The Kier molecular flexibility index (Phi) is 5.91. The SMILES string of the molecule is COc1ccc(C(NN)=C(N)c2cc(OC)c(OC)c(OC)c2)cn1. The van der Waals surface area contributed by atoms with Gasteiger partial charge in [0.25, 0.3) is 0 Å². The maximum Gasteiger partial charge on any atom is 0.212 e. The molecule has 0 aliphatic heterocycles. The fraction of sp³-hybridized carbons (Fsp3) is 0.235. The summed E-state index contributed by atoms with van der Waals surface area (Å²) in [6.07, 6.45) is 1.61. The van der Waals surface area contributed by atoms with Gasteiger partial charge in [-0.3, -0.25) is 5.84 Å². The number of hydrogen-bond donors (Lipinski definition) is 3. The minimum absolute atomic E-state index is 0.397. The lowest BCUT2D eigenvalue weighted by Gasteiger charge is -2.16. The normalized spacial score (nSPS) is 11.4. The van der Waals surface area contributed by atoms with E-state index in [0.29, 0.717) is 45.6 Å². The van der Waals surface area contributed by atoms with Crippen LogP contribution in [0.5, 0.6) is 23.1 Å². The third-order valence-corrected chi connectivity index (χ3v) is 3.62. The predicted octanol–water partition coefficient (Wildman–Crippen LogP) is 1.36. The van der Waals surface area contributed by atoms with Gasteiger partial charge in [-0.15, -0.1) is 0 Å². The van der Waals surface area contributed by atoms with Gasteiger partial charge in [-0.25, -0.2) is 4.98 Å². The van der Waals surface area contributed by atoms with E-state index in [9.17, 15) is 0 Å². The lowest BCUT2D eigenvalue weighted by Crippen LogP contribution is -2.23. The number of benzene rings is 1. The summed E-state index contributed by atoms with van der Waals surface area (Å²) in [4.78, 5) is 4.16. The Bertz CT molecular complexity index is 735. The predicted molar refractivity (Wildman–Crippen MR) is 95.2 cm³/mol. The number of aromatic nitrogens is 1. The molecular weight excluding hydrogens is 324 g/mol. The summed E-state index contributed by atoms with van der Waals surface area (Å²) in [6, 6.07) is 7.00. The molecule has 2 aromatic rings. The van der Waals surface area contributed by atoms with E-state index in [1.807, 2.05) is 0 Å². The standard InChI is InChI=1S/C17H22N4O4/c1-22-12-7-11(8-13(23-2)17(12)25-4)15(18)16(21-19)10-5-6-14(24-3)20-9-10/h5-9,21H,18-19H2,1-4H3. The quantitative estimate of drug-likeness (QED) is 0.509. The summed E-state index contributed by atoms with van der Waals surface area (Å²) in [7, 11) is 6.16. The number of nitrogens with zero attached hydrogens (tertiary/aromatic N) is 1. The van der Waals surface area contributed by atoms with Gasteiger partial charge in [-0.2, -0.15) is 0 Å². The Morgan fingerprint density at radius 1 is 0.920 bits per heavy atom. The fourth-order valence-electron chi connectivity index (χ4n) is 2.35. The molecule has 134 valence electrons. The molecule has 25 heavy (non-hydrogen) atoms. The van der Waals surface area contributed by atoms with Crippen molar-refractivity contribution in [1.29, 1.82) is 0 Å². The van der Waals surface area contributed by atoms with Crippen molar-refractivity contribution >= 4 is 11.4 Å². The van der Waals surface area contributed by atoms with E-state index >= 15 is 0 Å². The van der Waals surface area contributed by atoms with Crippen molar-refractivity contribution in [2.75, 3.05) is 28.4 Å². The Hall–Kier alpha value is -3.13. The molecule has 5 N–H and O–H groups in total. The number of methoxy groups -OCH3 is 4. The number of ether oxygens (including phenoxy) is 4. The van der Waals surface area contributed by atoms with Gasteiger partial charge in [0.2, 0.25) is 11.6 Å². The Labute approximate surface area is 146 Å². The van der Waals surface area contributed by atoms with E-state index in [-0.39, 0.29) is 0 Å². The first-order chi connectivity index (χ1) is 12.1. The van der Waals surface area contributed by atoms with E-state index in [0.717, 1.165) is 0 Å². The molecule has 0 saturated carbocycles. The molecule has 0 bridgehead atoms. The second-order valence-electron chi connectivity index (χ2n) is 4.94. The van der Waals surface area contributed by atoms with Gasteiger partial charge in [0.1, 0.15) is 0 Å². The van der Waals surface area contributed by atoms with Crippen LogP contribution in [-0.2, 0) is 0 Å². The van der Waals surface area contributed by atoms with Crippen molar-refractivity contribution in [3.8, 4) is 23.1 Å². The summed E-state index contributed by atoms with van der Waals surface area (Å²) in [5.41, 5.74) is 11.2. The van der Waals surface area contributed by atoms with Crippen molar-refractivity contribution < 1.29 is 18.9 Å². The third kappa shape index (κ3) is 3.69. The van der Waals surface area contributed by atoms with E-state index in [4.69, 9.17) is 30.5 Å². The molecule has 0 unspecified atom stereocenters. The van der Waals surface area contributed by atoms with Crippen LogP contribution >= 0.6 is 0 Å². The number of nitrogens with one attached hydrogen (secondary N) is 1. The van der Waals surface area contributed by atoms with Crippen molar-refractivity contribution in [3.63, 3.8) is 0 Å². The number of pyridine rings is 1. The molecule has 0 aliphatic carbocycles. The minimum atomic E-state index is 0.397. The van der Waals surface area contributed by atoms with Crippen LogP contribution < -0.4 is 35.9 Å². The van der Waals surface area contributed by atoms with Crippen LogP contribution in [-0.4, -0.2) is 33.4 Å². The lowest BCUT2D eigenvalue weighted by atomic mass is 10.1. The highest BCUT2D eigenvalue weighted by atomic mass is 16.5. The van der Waals surface area contributed by atoms with Gasteiger partial charge >= 0.3 is 0 Å². The van der Waals surface area contributed by atoms with Gasteiger partial charge in [-0.05, 0) is 18.2 Å². The van der Waals surface area contributed by atoms with Crippen LogP contribution in [0.1, 0.15) is 11.1 Å². The molecule has 8 heteroatoms. The molecular formula is C17H22N4O4. The first-order valence-corrected chi connectivity index (χ1v) is 7.36. The average molecular weight is 346 g/mol. The molecule has 0 saturated heterocycles. The molecule has 2 rings (SSSR count). The van der Waals surface area contributed by atoms with E-state index < -0.39 is 0 Å². The van der Waals surface area contributed by atoms with Crippen molar-refractivity contribution in [2.24, 2.45) is 11.6 Å². The number of rotatable bonds is 7. The Morgan fingerprint density at radius 2 is 1.56 bits per heavy atom. The maximum absolute atomic E-state index is 6.32. The molecule has 0 aliphatic rings. The second-order valence-corrected chi connectivity index (χ2v) is 4.94. The molecule has 8 nitrogen and oxygen atoms in total. The number of hydrazine groups is 1. The second kappa shape index (κ2) is 8.11. The van der Waals surface area contributed by atoms with Crippen LogP contribution in [0.15, 0.2) is 30.5 Å². The molecule has 0 radical (unpaired) electrons. The summed E-state index contributed by atoms with van der Waals surface area (Å²) in [5.74, 6) is 7.63. The minimum Gasteiger partial charge on any atom is -0.493 e. The first-order valence-electron chi connectivity index (χ1n) is 7.36. The molecule has 1 aromatic heterocycles. The highest BCUT2D eigenvalue weighted by Crippen LogP contribution is 2.39. The van der Waals surface area contributed by atoms with Crippen LogP contribution in [0, 0.1) is 0 Å². The summed E-state index contributed by atoms with van der Waals surface area (Å²) in [5, 5.41) is 0. The Balaban J connectivity index is 2.57. The average Bonchev–Trinajstić information content (AvgIpc) is 2.67. The van der Waals surface area contributed by atoms with Gasteiger partial charge in [-0.1, -0.05) is 0 Å². The van der Waals surface area contributed by atoms with E-state index in [2.05, 4.69) is 10.4 Å². The zero-order valence-corrected chi connectivity index (χ0v) is 14.6. The summed E-state index contributed by atoms with van der Waals surface area (Å²) < 4.78 is 21.1. The number of nitrogens with two attached hydrogens (primary N) is 2. The topological polar surface area (TPSA) is 114 Å². The molecule has 0 atom stereocenters. The number of hydrogen-bond acceptors (Lipinski definition) is 8. The highest BCUT2D eigenvalue weighted by molar-refractivity contribution is 5.89. The molecule has 1 heterocycles. The third-order valence-electron chi connectivity index (χ3n) is 3.62. The molecule has 0 spiro atoms. The molecule has 1 aromatic carbocycles. The zero-order chi connectivity index (χ0) is 18.4. The largest absolute Gasteiger partial charge is 0.493 e. The van der Waals surface area contributed by atoms with Crippen LogP contribution in [0.2, 0.25) is 0 Å². The monoisotopic (exact) mass is 346 g/mol. The fourth-order valence-corrected chi connectivity index (χ4v) is 2.35. The van der Waals surface area contributed by atoms with Crippen molar-refractivity contribution in [2.45, 2.75) is 0 Å². The maximum atomic E-state index is 6.32. The summed E-state index contributed by atoms with van der Waals surface area (Å²) >= 11 is 0.